The maximum absolute atomic E-state index is 12.4. The van der Waals surface area contributed by atoms with Gasteiger partial charge in [0, 0.05) is 24.5 Å². The van der Waals surface area contributed by atoms with E-state index in [1.165, 1.54) is 30.7 Å². The number of nitrogens with one attached hydrogen (secondary N) is 2. The van der Waals surface area contributed by atoms with Crippen LogP contribution in [-0.2, 0) is 16.0 Å². The molecule has 0 bridgehead atoms. The Balaban J connectivity index is 2.04. The summed E-state index contributed by atoms with van der Waals surface area (Å²) in [4.78, 5) is 43.6. The van der Waals surface area contributed by atoms with Crippen LogP contribution >= 0.6 is 23.2 Å². The minimum absolute atomic E-state index is 0.0740. The molecule has 0 aromatic carbocycles. The van der Waals surface area contributed by atoms with Crippen molar-refractivity contribution in [3.63, 3.8) is 0 Å². The molecule has 9 nitrogen and oxygen atoms in total. The predicted octanol–water partition coefficient (Wildman–Crippen LogP) is 3.56. The largest absolute Gasteiger partial charge is 0.480 e. The summed E-state index contributed by atoms with van der Waals surface area (Å²) in [6.07, 6.45) is 3.03. The fourth-order valence-electron chi connectivity index (χ4n) is 2.30. The molecule has 0 spiro atoms. The van der Waals surface area contributed by atoms with Gasteiger partial charge in [0.25, 0.3) is 5.91 Å². The first-order chi connectivity index (χ1) is 14.0. The summed E-state index contributed by atoms with van der Waals surface area (Å²) in [6, 6.07) is 1.83. The number of alkyl carbamates (subject to hydrolysis) is 1. The molecule has 2 heterocycles. The number of rotatable bonds is 6. The fourth-order valence-corrected chi connectivity index (χ4v) is 2.84. The number of pyridine rings is 2. The molecule has 160 valence electrons. The Labute approximate surface area is 182 Å². The molecule has 2 aromatic heterocycles. The third-order valence-corrected chi connectivity index (χ3v) is 4.14. The highest BCUT2D eigenvalue weighted by molar-refractivity contribution is 6.40. The number of halogens is 2. The van der Waals surface area contributed by atoms with Crippen LogP contribution in [0.3, 0.4) is 0 Å². The molecule has 2 rings (SSSR count). The number of carbonyl (C=O) groups is 3. The predicted molar refractivity (Wildman–Crippen MR) is 111 cm³/mol. The van der Waals surface area contributed by atoms with Crippen molar-refractivity contribution in [1.29, 1.82) is 0 Å². The Bertz CT molecular complexity index is 925. The van der Waals surface area contributed by atoms with E-state index in [-0.39, 0.29) is 22.0 Å². The lowest BCUT2D eigenvalue weighted by Gasteiger charge is -2.21. The van der Waals surface area contributed by atoms with Crippen molar-refractivity contribution in [3.05, 3.63) is 52.0 Å². The van der Waals surface area contributed by atoms with Gasteiger partial charge in [-0.25, -0.2) is 9.59 Å². The minimum atomic E-state index is -1.23. The number of aliphatic carboxylic acids is 1. The van der Waals surface area contributed by atoms with Gasteiger partial charge in [0.15, 0.2) is 0 Å². The molecule has 0 aliphatic carbocycles. The zero-order valence-electron chi connectivity index (χ0n) is 16.4. The molecule has 0 saturated heterocycles. The smallest absolute Gasteiger partial charge is 0.408 e. The van der Waals surface area contributed by atoms with E-state index in [2.05, 4.69) is 20.6 Å². The van der Waals surface area contributed by atoms with E-state index in [1.807, 2.05) is 0 Å². The van der Waals surface area contributed by atoms with Crippen LogP contribution in [0.1, 0.15) is 36.8 Å². The number of ether oxygens (including phenoxy) is 1. The van der Waals surface area contributed by atoms with Gasteiger partial charge in [-0.3, -0.25) is 14.8 Å². The highest BCUT2D eigenvalue weighted by Gasteiger charge is 2.24. The first kappa shape index (κ1) is 23.4. The van der Waals surface area contributed by atoms with Crippen LogP contribution in [0.4, 0.5) is 10.5 Å². The maximum Gasteiger partial charge on any atom is 0.408 e. The van der Waals surface area contributed by atoms with E-state index < -0.39 is 29.6 Å². The number of nitrogens with zero attached hydrogens (tertiary/aromatic N) is 2. The summed E-state index contributed by atoms with van der Waals surface area (Å²) in [5.41, 5.74) is 0.0484. The van der Waals surface area contributed by atoms with E-state index >= 15 is 0 Å². The Morgan fingerprint density at radius 1 is 1.13 bits per heavy atom. The normalized spacial score (nSPS) is 12.0. The van der Waals surface area contributed by atoms with E-state index in [9.17, 15) is 19.5 Å². The molecule has 2 amide bonds. The molecule has 2 aromatic rings. The Kier molecular flexibility index (Phi) is 7.58. The lowest BCUT2D eigenvalue weighted by molar-refractivity contribution is -0.139. The summed E-state index contributed by atoms with van der Waals surface area (Å²) in [6.45, 7) is 5.01. The SMILES string of the molecule is CC(C)(C)OC(=O)N[C@@H](Cc1ccc(NC(=O)c2c(Cl)cncc2Cl)cn1)C(=O)O. The molecule has 11 heteroatoms. The number of carboxylic acid groups (broad SMARTS) is 1. The van der Waals surface area contributed by atoms with Crippen LogP contribution in [0, 0.1) is 0 Å². The molecular weight excluding hydrogens is 435 g/mol. The van der Waals surface area contributed by atoms with Crippen molar-refractivity contribution in [3.8, 4) is 0 Å². The van der Waals surface area contributed by atoms with Gasteiger partial charge >= 0.3 is 12.1 Å². The van der Waals surface area contributed by atoms with E-state index in [1.54, 1.807) is 20.8 Å². The fraction of sp³-hybridized carbons (Fsp3) is 0.316. The third kappa shape index (κ3) is 6.85. The van der Waals surface area contributed by atoms with Crippen molar-refractivity contribution < 1.29 is 24.2 Å². The number of amides is 2. The van der Waals surface area contributed by atoms with Crippen molar-refractivity contribution in [1.82, 2.24) is 15.3 Å². The van der Waals surface area contributed by atoms with Gasteiger partial charge in [-0.1, -0.05) is 23.2 Å². The summed E-state index contributed by atoms with van der Waals surface area (Å²) in [5.74, 6) is -1.78. The Morgan fingerprint density at radius 2 is 1.77 bits per heavy atom. The Hall–Kier alpha value is -2.91. The molecule has 0 unspecified atom stereocenters. The highest BCUT2D eigenvalue weighted by atomic mass is 35.5. The van der Waals surface area contributed by atoms with Gasteiger partial charge in [0.05, 0.1) is 27.5 Å². The van der Waals surface area contributed by atoms with Crippen LogP contribution in [0.2, 0.25) is 10.0 Å². The second-order valence-corrected chi connectivity index (χ2v) is 8.03. The molecule has 0 radical (unpaired) electrons. The number of hydrogen-bond acceptors (Lipinski definition) is 6. The van der Waals surface area contributed by atoms with Crippen molar-refractivity contribution in [2.75, 3.05) is 5.32 Å². The van der Waals surface area contributed by atoms with Crippen LogP contribution in [-0.4, -0.2) is 44.7 Å². The molecule has 0 saturated carbocycles. The zero-order chi connectivity index (χ0) is 22.5. The summed E-state index contributed by atoms with van der Waals surface area (Å²) in [5, 5.41) is 14.4. The molecular formula is C19H20Cl2N4O5. The molecule has 0 aliphatic rings. The van der Waals surface area contributed by atoms with Crippen LogP contribution in [0.25, 0.3) is 0 Å². The number of carboxylic acids is 1. The summed E-state index contributed by atoms with van der Waals surface area (Å²) < 4.78 is 5.07. The monoisotopic (exact) mass is 454 g/mol. The molecule has 1 atom stereocenters. The number of anilines is 1. The summed E-state index contributed by atoms with van der Waals surface area (Å²) >= 11 is 11.9. The molecule has 3 N–H and O–H groups in total. The van der Waals surface area contributed by atoms with Crippen molar-refractivity contribution in [2.45, 2.75) is 38.8 Å². The lowest BCUT2D eigenvalue weighted by atomic mass is 10.1. The second kappa shape index (κ2) is 9.73. The van der Waals surface area contributed by atoms with Gasteiger partial charge in [0.1, 0.15) is 11.6 Å². The maximum atomic E-state index is 12.4. The first-order valence-corrected chi connectivity index (χ1v) is 9.49. The number of carbonyl (C=O) groups excluding carboxylic acids is 2. The number of aromatic nitrogens is 2. The molecule has 0 aliphatic heterocycles. The van der Waals surface area contributed by atoms with Gasteiger partial charge in [0.2, 0.25) is 0 Å². The van der Waals surface area contributed by atoms with Crippen LogP contribution in [0.15, 0.2) is 30.7 Å². The van der Waals surface area contributed by atoms with Gasteiger partial charge in [-0.05, 0) is 32.9 Å². The average Bonchev–Trinajstić information content (AvgIpc) is 2.61. The molecule has 0 fully saturated rings. The average molecular weight is 455 g/mol. The van der Waals surface area contributed by atoms with Crippen LogP contribution in [0.5, 0.6) is 0 Å². The van der Waals surface area contributed by atoms with Crippen molar-refractivity contribution in [2.24, 2.45) is 0 Å². The van der Waals surface area contributed by atoms with Gasteiger partial charge < -0.3 is 20.5 Å². The van der Waals surface area contributed by atoms with E-state index in [0.717, 1.165) is 0 Å². The first-order valence-electron chi connectivity index (χ1n) is 8.74. The molecule has 30 heavy (non-hydrogen) atoms. The topological polar surface area (TPSA) is 131 Å². The minimum Gasteiger partial charge on any atom is -0.480 e. The number of hydrogen-bond donors (Lipinski definition) is 3. The van der Waals surface area contributed by atoms with Gasteiger partial charge in [-0.15, -0.1) is 0 Å². The zero-order valence-corrected chi connectivity index (χ0v) is 17.9. The lowest BCUT2D eigenvalue weighted by Crippen LogP contribution is -2.44. The van der Waals surface area contributed by atoms with Gasteiger partial charge in [-0.2, -0.15) is 0 Å². The second-order valence-electron chi connectivity index (χ2n) is 7.21. The summed E-state index contributed by atoms with van der Waals surface area (Å²) in [7, 11) is 0. The highest BCUT2D eigenvalue weighted by Crippen LogP contribution is 2.24. The van der Waals surface area contributed by atoms with E-state index in [0.29, 0.717) is 11.4 Å². The van der Waals surface area contributed by atoms with Crippen LogP contribution < -0.4 is 10.6 Å². The van der Waals surface area contributed by atoms with E-state index in [4.69, 9.17) is 27.9 Å². The Morgan fingerprint density at radius 3 is 2.27 bits per heavy atom. The third-order valence-electron chi connectivity index (χ3n) is 3.57. The van der Waals surface area contributed by atoms with Crippen molar-refractivity contribution >= 4 is 46.9 Å². The standard InChI is InChI=1S/C19H20Cl2N4O5/c1-19(2,3)30-18(29)25-14(17(27)28)6-10-4-5-11(7-23-10)24-16(26)15-12(20)8-22-9-13(15)21/h4-5,7-9,14H,6H2,1-3H3,(H,24,26)(H,25,29)(H,27,28)/t14-/m0/s1. The quantitative estimate of drug-likeness (QED) is 0.607.